The Balaban J connectivity index is 2.50. The van der Waals surface area contributed by atoms with E-state index in [0.717, 1.165) is 6.08 Å². The fourth-order valence-electron chi connectivity index (χ4n) is 2.95. The highest BCUT2D eigenvalue weighted by Gasteiger charge is 2.58. The van der Waals surface area contributed by atoms with Crippen molar-refractivity contribution in [3.63, 3.8) is 0 Å². The first kappa shape index (κ1) is 12.7. The van der Waals surface area contributed by atoms with Crippen LogP contribution in [0.15, 0.2) is 12.7 Å². The summed E-state index contributed by atoms with van der Waals surface area (Å²) >= 11 is 0. The first-order valence-electron chi connectivity index (χ1n) is 6.06. The molecule has 0 aromatic heterocycles. The molecule has 0 radical (unpaired) electrons. The van der Waals surface area contributed by atoms with E-state index in [0.29, 0.717) is 19.3 Å². The van der Waals surface area contributed by atoms with Gasteiger partial charge in [0.25, 0.3) is 0 Å². The van der Waals surface area contributed by atoms with Crippen LogP contribution in [0.2, 0.25) is 0 Å². The molecule has 2 atom stereocenters. The van der Waals surface area contributed by atoms with Gasteiger partial charge < -0.3 is 0 Å². The fourth-order valence-corrected chi connectivity index (χ4v) is 2.95. The standard InChI is InChI=1S/C13H15NO4/c1-2-9(15)8-5-3-4-6-10(16)13(8)7-11(17)14-12(13)18/h2,8H,1,3-7H2,(H,14,17,18). The van der Waals surface area contributed by atoms with Gasteiger partial charge in [-0.2, -0.15) is 0 Å². The van der Waals surface area contributed by atoms with E-state index in [1.165, 1.54) is 0 Å². The molecule has 5 heteroatoms. The molecule has 1 aliphatic carbocycles. The highest BCUT2D eigenvalue weighted by molar-refractivity contribution is 6.20. The van der Waals surface area contributed by atoms with E-state index >= 15 is 0 Å². The molecule has 1 saturated heterocycles. The minimum atomic E-state index is -1.47. The summed E-state index contributed by atoms with van der Waals surface area (Å²) < 4.78 is 0. The lowest BCUT2D eigenvalue weighted by atomic mass is 9.68. The van der Waals surface area contributed by atoms with Gasteiger partial charge in [0.15, 0.2) is 5.78 Å². The predicted molar refractivity (Wildman–Crippen MR) is 62.4 cm³/mol. The molecule has 1 spiro atoms. The van der Waals surface area contributed by atoms with Gasteiger partial charge >= 0.3 is 0 Å². The number of carbonyl (C=O) groups excluding carboxylic acids is 4. The van der Waals surface area contributed by atoms with Gasteiger partial charge in [0, 0.05) is 18.8 Å². The molecule has 1 heterocycles. The molecule has 2 rings (SSSR count). The lowest BCUT2D eigenvalue weighted by Gasteiger charge is -2.29. The Morgan fingerprint density at radius 2 is 2.06 bits per heavy atom. The fraction of sp³-hybridized carbons (Fsp3) is 0.538. The molecule has 96 valence electrons. The van der Waals surface area contributed by atoms with Gasteiger partial charge in [0.1, 0.15) is 11.2 Å². The van der Waals surface area contributed by atoms with Gasteiger partial charge in [-0.3, -0.25) is 24.5 Å². The summed E-state index contributed by atoms with van der Waals surface area (Å²) in [6, 6.07) is 0. The molecule has 1 N–H and O–H groups in total. The number of carbonyl (C=O) groups is 4. The third-order valence-corrected chi connectivity index (χ3v) is 3.88. The van der Waals surface area contributed by atoms with Crippen LogP contribution in [0.1, 0.15) is 32.1 Å². The summed E-state index contributed by atoms with van der Waals surface area (Å²) in [5.41, 5.74) is -1.47. The summed E-state index contributed by atoms with van der Waals surface area (Å²) in [6.07, 6.45) is 3.01. The second kappa shape index (κ2) is 4.48. The van der Waals surface area contributed by atoms with Crippen LogP contribution < -0.4 is 5.32 Å². The molecule has 0 aromatic carbocycles. The maximum Gasteiger partial charge on any atom is 0.241 e. The van der Waals surface area contributed by atoms with E-state index in [4.69, 9.17) is 0 Å². The zero-order valence-corrected chi connectivity index (χ0v) is 10.0. The Morgan fingerprint density at radius 3 is 2.61 bits per heavy atom. The van der Waals surface area contributed by atoms with Crippen LogP contribution in [0.3, 0.4) is 0 Å². The number of allylic oxidation sites excluding steroid dienone is 1. The van der Waals surface area contributed by atoms with Gasteiger partial charge in [-0.1, -0.05) is 13.0 Å². The number of hydrogen-bond donors (Lipinski definition) is 1. The molecule has 1 saturated carbocycles. The van der Waals surface area contributed by atoms with E-state index in [1.807, 2.05) is 0 Å². The van der Waals surface area contributed by atoms with E-state index in [2.05, 4.69) is 11.9 Å². The predicted octanol–water partition coefficient (Wildman–Crippen LogP) is 0.534. The summed E-state index contributed by atoms with van der Waals surface area (Å²) in [4.78, 5) is 47.6. The summed E-state index contributed by atoms with van der Waals surface area (Å²) in [6.45, 7) is 3.41. The highest BCUT2D eigenvalue weighted by atomic mass is 16.2. The third-order valence-electron chi connectivity index (χ3n) is 3.88. The SMILES string of the molecule is C=CC(=O)C1CCCCC(=O)C12CC(=O)NC2=O. The van der Waals surface area contributed by atoms with Crippen molar-refractivity contribution >= 4 is 23.4 Å². The Hall–Kier alpha value is -1.78. The van der Waals surface area contributed by atoms with Gasteiger partial charge in [0.05, 0.1) is 0 Å². The zero-order valence-electron chi connectivity index (χ0n) is 10.0. The van der Waals surface area contributed by atoms with Crippen molar-refractivity contribution in [1.82, 2.24) is 5.32 Å². The Morgan fingerprint density at radius 1 is 1.33 bits per heavy atom. The maximum atomic E-state index is 12.2. The van der Waals surface area contributed by atoms with Crippen molar-refractivity contribution in [2.45, 2.75) is 32.1 Å². The van der Waals surface area contributed by atoms with Gasteiger partial charge in [-0.25, -0.2) is 0 Å². The van der Waals surface area contributed by atoms with Gasteiger partial charge in [-0.05, 0) is 18.9 Å². The molecule has 2 unspecified atom stereocenters. The van der Waals surface area contributed by atoms with Crippen molar-refractivity contribution < 1.29 is 19.2 Å². The number of hydrogen-bond acceptors (Lipinski definition) is 4. The van der Waals surface area contributed by atoms with Crippen LogP contribution >= 0.6 is 0 Å². The number of rotatable bonds is 2. The van der Waals surface area contributed by atoms with Crippen LogP contribution in [0, 0.1) is 11.3 Å². The topological polar surface area (TPSA) is 80.3 Å². The van der Waals surface area contributed by atoms with Crippen LogP contribution in [-0.4, -0.2) is 23.4 Å². The first-order valence-corrected chi connectivity index (χ1v) is 6.06. The van der Waals surface area contributed by atoms with E-state index < -0.39 is 23.1 Å². The van der Waals surface area contributed by atoms with Crippen LogP contribution in [-0.2, 0) is 19.2 Å². The van der Waals surface area contributed by atoms with Crippen LogP contribution in [0.5, 0.6) is 0 Å². The average molecular weight is 249 g/mol. The maximum absolute atomic E-state index is 12.2. The monoisotopic (exact) mass is 249 g/mol. The van der Waals surface area contributed by atoms with Crippen molar-refractivity contribution in [2.75, 3.05) is 0 Å². The van der Waals surface area contributed by atoms with E-state index in [-0.39, 0.29) is 24.4 Å². The molecule has 5 nitrogen and oxygen atoms in total. The van der Waals surface area contributed by atoms with Crippen molar-refractivity contribution in [3.05, 3.63) is 12.7 Å². The molecule has 0 aromatic rings. The summed E-state index contributed by atoms with van der Waals surface area (Å²) in [5.74, 6) is -2.44. The number of imide groups is 1. The highest BCUT2D eigenvalue weighted by Crippen LogP contribution is 2.43. The molecule has 2 fully saturated rings. The minimum absolute atomic E-state index is 0.199. The average Bonchev–Trinajstić information content (AvgIpc) is 2.53. The van der Waals surface area contributed by atoms with Crippen molar-refractivity contribution in [3.8, 4) is 0 Å². The lowest BCUT2D eigenvalue weighted by Crippen LogP contribution is -2.46. The van der Waals surface area contributed by atoms with Gasteiger partial charge in [0.2, 0.25) is 11.8 Å². The molecule has 2 aliphatic rings. The Kier molecular flexibility index (Phi) is 3.15. The zero-order chi connectivity index (χ0) is 13.3. The summed E-state index contributed by atoms with van der Waals surface area (Å²) in [7, 11) is 0. The Labute approximate surface area is 105 Å². The number of ketones is 2. The minimum Gasteiger partial charge on any atom is -0.298 e. The largest absolute Gasteiger partial charge is 0.298 e. The smallest absolute Gasteiger partial charge is 0.241 e. The molecule has 1 aliphatic heterocycles. The van der Waals surface area contributed by atoms with Crippen LogP contribution in [0.25, 0.3) is 0 Å². The number of amides is 2. The van der Waals surface area contributed by atoms with E-state index in [1.54, 1.807) is 0 Å². The quantitative estimate of drug-likeness (QED) is 0.440. The van der Waals surface area contributed by atoms with E-state index in [9.17, 15) is 19.2 Å². The van der Waals surface area contributed by atoms with Gasteiger partial charge in [-0.15, -0.1) is 0 Å². The lowest BCUT2D eigenvalue weighted by molar-refractivity contribution is -0.146. The normalized spacial score (nSPS) is 32.2. The van der Waals surface area contributed by atoms with Crippen LogP contribution in [0.4, 0.5) is 0 Å². The molecule has 0 bridgehead atoms. The number of nitrogens with one attached hydrogen (secondary N) is 1. The second-order valence-electron chi connectivity index (χ2n) is 4.85. The first-order chi connectivity index (χ1) is 8.52. The molecular weight excluding hydrogens is 234 g/mol. The van der Waals surface area contributed by atoms with Crippen molar-refractivity contribution in [1.29, 1.82) is 0 Å². The molecular formula is C13H15NO4. The summed E-state index contributed by atoms with van der Waals surface area (Å²) in [5, 5.41) is 2.16. The third kappa shape index (κ3) is 1.70. The molecule has 2 amide bonds. The second-order valence-corrected chi connectivity index (χ2v) is 4.85. The Bertz CT molecular complexity index is 454. The molecule has 18 heavy (non-hydrogen) atoms. The number of Topliss-reactive ketones (excluding diaryl/α,β-unsaturated/α-hetero) is 1. The van der Waals surface area contributed by atoms with Crippen molar-refractivity contribution in [2.24, 2.45) is 11.3 Å².